The Morgan fingerprint density at radius 3 is 2.67 bits per heavy atom. The Balaban J connectivity index is 2.07. The summed E-state index contributed by atoms with van der Waals surface area (Å²) in [7, 11) is 4.37. The minimum atomic E-state index is 0.362. The molecule has 3 heteroatoms. The molecular weight excluding hydrogens is 244 g/mol. The first-order chi connectivity index (χ1) is 8.62. The van der Waals surface area contributed by atoms with Gasteiger partial charge in [0.1, 0.15) is 0 Å². The predicted molar refractivity (Wildman–Crippen MR) is 76.3 cm³/mol. The zero-order chi connectivity index (χ0) is 12.8. The number of rotatable bonds is 1. The number of piperidine rings is 1. The van der Waals surface area contributed by atoms with Gasteiger partial charge in [0.15, 0.2) is 0 Å². The molecule has 1 N–H and O–H groups in total. The molecule has 1 aromatic rings. The molecule has 0 unspecified atom stereocenters. The number of benzene rings is 1. The lowest BCUT2D eigenvalue weighted by atomic mass is 9.74. The molecule has 1 saturated heterocycles. The minimum Gasteiger partial charge on any atom is -0.317 e. The van der Waals surface area contributed by atoms with Crippen molar-refractivity contribution >= 4 is 11.6 Å². The van der Waals surface area contributed by atoms with E-state index in [0.29, 0.717) is 11.5 Å². The molecule has 98 valence electrons. The summed E-state index contributed by atoms with van der Waals surface area (Å²) >= 11 is 6.22. The van der Waals surface area contributed by atoms with Crippen LogP contribution in [0, 0.1) is 0 Å². The van der Waals surface area contributed by atoms with Crippen LogP contribution in [-0.2, 0) is 5.41 Å². The van der Waals surface area contributed by atoms with Crippen LogP contribution in [0.3, 0.4) is 0 Å². The van der Waals surface area contributed by atoms with E-state index in [-0.39, 0.29) is 0 Å². The molecule has 0 aromatic heterocycles. The minimum absolute atomic E-state index is 0.362. The van der Waals surface area contributed by atoms with Gasteiger partial charge in [-0.25, -0.2) is 0 Å². The highest BCUT2D eigenvalue weighted by molar-refractivity contribution is 6.30. The van der Waals surface area contributed by atoms with E-state index in [1.54, 1.807) is 0 Å². The maximum absolute atomic E-state index is 6.22. The van der Waals surface area contributed by atoms with Crippen molar-refractivity contribution in [1.29, 1.82) is 0 Å². The number of nitrogens with zero attached hydrogens (tertiary/aromatic N) is 1. The number of halogens is 1. The van der Waals surface area contributed by atoms with Crippen LogP contribution < -0.4 is 5.32 Å². The molecule has 1 aromatic carbocycles. The second-order valence-electron chi connectivity index (χ2n) is 5.95. The van der Waals surface area contributed by atoms with Gasteiger partial charge < -0.3 is 10.2 Å². The monoisotopic (exact) mass is 264 g/mol. The fourth-order valence-electron chi connectivity index (χ4n) is 3.71. The van der Waals surface area contributed by atoms with Crippen LogP contribution in [0.25, 0.3) is 0 Å². The normalized spacial score (nSPS) is 25.7. The molecule has 1 aliphatic heterocycles. The van der Waals surface area contributed by atoms with Crippen LogP contribution in [0.1, 0.15) is 36.4 Å². The summed E-state index contributed by atoms with van der Waals surface area (Å²) in [6.07, 6.45) is 3.73. The van der Waals surface area contributed by atoms with Gasteiger partial charge in [0.05, 0.1) is 0 Å². The van der Waals surface area contributed by atoms with E-state index < -0.39 is 0 Å². The SMILES string of the molecule is CN(C)[C@H]1CC2(CCNCC2)c2cc(Cl)ccc21. The van der Waals surface area contributed by atoms with Gasteiger partial charge in [0, 0.05) is 11.1 Å². The Morgan fingerprint density at radius 1 is 1.28 bits per heavy atom. The zero-order valence-electron chi connectivity index (χ0n) is 11.2. The van der Waals surface area contributed by atoms with Crippen LogP contribution in [0.4, 0.5) is 0 Å². The second-order valence-corrected chi connectivity index (χ2v) is 6.38. The topological polar surface area (TPSA) is 15.3 Å². The largest absolute Gasteiger partial charge is 0.317 e. The highest BCUT2D eigenvalue weighted by Crippen LogP contribution is 2.51. The van der Waals surface area contributed by atoms with Gasteiger partial charge in [-0.05, 0) is 75.1 Å². The summed E-state index contributed by atoms with van der Waals surface area (Å²) in [6.45, 7) is 2.26. The van der Waals surface area contributed by atoms with Crippen LogP contribution in [0.2, 0.25) is 5.02 Å². The molecule has 2 aliphatic rings. The molecule has 0 amide bonds. The van der Waals surface area contributed by atoms with Crippen LogP contribution in [0.5, 0.6) is 0 Å². The number of hydrogen-bond donors (Lipinski definition) is 1. The molecule has 0 bridgehead atoms. The second kappa shape index (κ2) is 4.52. The molecule has 1 fully saturated rings. The summed E-state index contributed by atoms with van der Waals surface area (Å²) in [6, 6.07) is 7.04. The lowest BCUT2D eigenvalue weighted by Crippen LogP contribution is -2.38. The van der Waals surface area contributed by atoms with Gasteiger partial charge in [-0.3, -0.25) is 0 Å². The van der Waals surface area contributed by atoms with E-state index >= 15 is 0 Å². The van der Waals surface area contributed by atoms with Gasteiger partial charge in [-0.2, -0.15) is 0 Å². The third-order valence-corrected chi connectivity index (χ3v) is 4.95. The first kappa shape index (κ1) is 12.5. The first-order valence-corrected chi connectivity index (χ1v) is 7.17. The van der Waals surface area contributed by atoms with Crippen molar-refractivity contribution in [3.05, 3.63) is 34.3 Å². The molecule has 3 rings (SSSR count). The fraction of sp³-hybridized carbons (Fsp3) is 0.600. The van der Waals surface area contributed by atoms with Gasteiger partial charge >= 0.3 is 0 Å². The van der Waals surface area contributed by atoms with Crippen molar-refractivity contribution in [2.24, 2.45) is 0 Å². The van der Waals surface area contributed by atoms with E-state index in [1.165, 1.54) is 30.4 Å². The Bertz CT molecular complexity index is 450. The molecule has 1 spiro atoms. The Morgan fingerprint density at radius 2 is 2.00 bits per heavy atom. The van der Waals surface area contributed by atoms with E-state index in [9.17, 15) is 0 Å². The summed E-state index contributed by atoms with van der Waals surface area (Å²) in [5.74, 6) is 0. The first-order valence-electron chi connectivity index (χ1n) is 6.79. The van der Waals surface area contributed by atoms with E-state index in [4.69, 9.17) is 11.6 Å². The van der Waals surface area contributed by atoms with Crippen molar-refractivity contribution in [3.63, 3.8) is 0 Å². The summed E-state index contributed by atoms with van der Waals surface area (Å²) < 4.78 is 0. The molecule has 1 heterocycles. The number of nitrogens with one attached hydrogen (secondary N) is 1. The third-order valence-electron chi connectivity index (χ3n) is 4.71. The van der Waals surface area contributed by atoms with Crippen molar-refractivity contribution < 1.29 is 0 Å². The highest BCUT2D eigenvalue weighted by atomic mass is 35.5. The predicted octanol–water partition coefficient (Wildman–Crippen LogP) is 2.97. The smallest absolute Gasteiger partial charge is 0.0409 e. The van der Waals surface area contributed by atoms with E-state index in [2.05, 4.69) is 36.4 Å². The summed E-state index contributed by atoms with van der Waals surface area (Å²) in [4.78, 5) is 2.35. The molecule has 0 radical (unpaired) electrons. The average Bonchev–Trinajstić information content (AvgIpc) is 2.65. The fourth-order valence-corrected chi connectivity index (χ4v) is 3.88. The Kier molecular flexibility index (Phi) is 3.13. The molecular formula is C15H21ClN2. The van der Waals surface area contributed by atoms with Gasteiger partial charge in [-0.1, -0.05) is 17.7 Å². The van der Waals surface area contributed by atoms with E-state index in [1.807, 2.05) is 6.07 Å². The molecule has 1 atom stereocenters. The summed E-state index contributed by atoms with van der Waals surface area (Å²) in [5.41, 5.74) is 3.36. The zero-order valence-corrected chi connectivity index (χ0v) is 11.9. The van der Waals surface area contributed by atoms with Crippen molar-refractivity contribution in [2.75, 3.05) is 27.2 Å². The van der Waals surface area contributed by atoms with Crippen molar-refractivity contribution in [2.45, 2.75) is 30.7 Å². The Labute approximate surface area is 114 Å². The maximum atomic E-state index is 6.22. The molecule has 1 aliphatic carbocycles. The lowest BCUT2D eigenvalue weighted by molar-refractivity contribution is 0.223. The molecule has 0 saturated carbocycles. The van der Waals surface area contributed by atoms with Crippen LogP contribution >= 0.6 is 11.6 Å². The molecule has 18 heavy (non-hydrogen) atoms. The van der Waals surface area contributed by atoms with Crippen LogP contribution in [0.15, 0.2) is 18.2 Å². The maximum Gasteiger partial charge on any atom is 0.0409 e. The Hall–Kier alpha value is -0.570. The number of fused-ring (bicyclic) bond motifs is 2. The van der Waals surface area contributed by atoms with E-state index in [0.717, 1.165) is 18.1 Å². The quantitative estimate of drug-likeness (QED) is 0.839. The highest BCUT2D eigenvalue weighted by Gasteiger charge is 2.44. The summed E-state index contributed by atoms with van der Waals surface area (Å²) in [5, 5.41) is 4.36. The average molecular weight is 265 g/mol. The number of hydrogen-bond acceptors (Lipinski definition) is 2. The standard InChI is InChI=1S/C15H21ClN2/c1-18(2)14-10-15(5-7-17-8-6-15)13-9-11(16)3-4-12(13)14/h3-4,9,14,17H,5-8,10H2,1-2H3/t14-/m0/s1. The van der Waals surface area contributed by atoms with Crippen LogP contribution in [-0.4, -0.2) is 32.1 Å². The van der Waals surface area contributed by atoms with Gasteiger partial charge in [0.25, 0.3) is 0 Å². The lowest BCUT2D eigenvalue weighted by Gasteiger charge is -2.35. The van der Waals surface area contributed by atoms with Gasteiger partial charge in [-0.15, -0.1) is 0 Å². The molecule has 2 nitrogen and oxygen atoms in total. The van der Waals surface area contributed by atoms with Crippen molar-refractivity contribution in [3.8, 4) is 0 Å². The third kappa shape index (κ3) is 1.87. The van der Waals surface area contributed by atoms with Gasteiger partial charge in [0.2, 0.25) is 0 Å². The van der Waals surface area contributed by atoms with Crippen molar-refractivity contribution in [1.82, 2.24) is 10.2 Å².